The van der Waals surface area contributed by atoms with E-state index in [4.69, 9.17) is 0 Å². The van der Waals surface area contributed by atoms with Crippen LogP contribution in [0.2, 0.25) is 0 Å². The SMILES string of the molecule is CC[C@@H](Nc1ccc(Br)cc1)C(=O)N/N=C\c1cccc(Br)c1. The molecule has 120 valence electrons. The van der Waals surface area contributed by atoms with Gasteiger partial charge in [-0.1, -0.05) is 50.9 Å². The summed E-state index contributed by atoms with van der Waals surface area (Å²) in [7, 11) is 0. The van der Waals surface area contributed by atoms with Gasteiger partial charge in [-0.2, -0.15) is 5.10 Å². The maximum atomic E-state index is 12.2. The molecule has 1 atom stereocenters. The quantitative estimate of drug-likeness (QED) is 0.513. The Labute approximate surface area is 152 Å². The highest BCUT2D eigenvalue weighted by Crippen LogP contribution is 2.15. The number of rotatable bonds is 6. The Kier molecular flexibility index (Phi) is 6.80. The van der Waals surface area contributed by atoms with Crippen LogP contribution in [-0.2, 0) is 4.79 Å². The second kappa shape index (κ2) is 8.84. The number of benzene rings is 2. The van der Waals surface area contributed by atoms with Crippen molar-refractivity contribution in [2.75, 3.05) is 5.32 Å². The maximum absolute atomic E-state index is 12.2. The number of hydrogen-bond acceptors (Lipinski definition) is 3. The fraction of sp³-hybridized carbons (Fsp3) is 0.176. The molecule has 0 unspecified atom stereocenters. The second-order valence-electron chi connectivity index (χ2n) is 4.90. The summed E-state index contributed by atoms with van der Waals surface area (Å²) in [4.78, 5) is 12.2. The van der Waals surface area contributed by atoms with Crippen LogP contribution >= 0.6 is 31.9 Å². The van der Waals surface area contributed by atoms with E-state index < -0.39 is 0 Å². The van der Waals surface area contributed by atoms with Gasteiger partial charge in [0, 0.05) is 14.6 Å². The Morgan fingerprint density at radius 1 is 1.17 bits per heavy atom. The summed E-state index contributed by atoms with van der Waals surface area (Å²) in [5.74, 6) is -0.165. The lowest BCUT2D eigenvalue weighted by Gasteiger charge is -2.16. The number of anilines is 1. The maximum Gasteiger partial charge on any atom is 0.262 e. The third kappa shape index (κ3) is 5.80. The predicted molar refractivity (Wildman–Crippen MR) is 102 cm³/mol. The average molecular weight is 439 g/mol. The number of nitrogens with zero attached hydrogens (tertiary/aromatic N) is 1. The number of nitrogens with one attached hydrogen (secondary N) is 2. The van der Waals surface area contributed by atoms with Gasteiger partial charge in [-0.05, 0) is 48.4 Å². The smallest absolute Gasteiger partial charge is 0.262 e. The molecule has 0 bridgehead atoms. The van der Waals surface area contributed by atoms with Crippen molar-refractivity contribution in [1.82, 2.24) is 5.43 Å². The Morgan fingerprint density at radius 3 is 2.57 bits per heavy atom. The molecule has 0 saturated heterocycles. The van der Waals surface area contributed by atoms with Crippen molar-refractivity contribution < 1.29 is 4.79 Å². The van der Waals surface area contributed by atoms with Crippen molar-refractivity contribution in [1.29, 1.82) is 0 Å². The predicted octanol–water partition coefficient (Wildman–Crippen LogP) is 4.55. The summed E-state index contributed by atoms with van der Waals surface area (Å²) >= 11 is 6.79. The fourth-order valence-electron chi connectivity index (χ4n) is 1.94. The van der Waals surface area contributed by atoms with E-state index in [1.807, 2.05) is 55.5 Å². The first-order chi connectivity index (χ1) is 11.1. The van der Waals surface area contributed by atoms with Gasteiger partial charge in [-0.3, -0.25) is 4.79 Å². The van der Waals surface area contributed by atoms with Crippen molar-refractivity contribution in [3.8, 4) is 0 Å². The van der Waals surface area contributed by atoms with Gasteiger partial charge in [0.05, 0.1) is 6.21 Å². The highest BCUT2D eigenvalue weighted by molar-refractivity contribution is 9.10. The highest BCUT2D eigenvalue weighted by atomic mass is 79.9. The molecule has 4 nitrogen and oxygen atoms in total. The van der Waals surface area contributed by atoms with Crippen molar-refractivity contribution in [3.05, 3.63) is 63.0 Å². The molecule has 0 aliphatic heterocycles. The molecular weight excluding hydrogens is 422 g/mol. The van der Waals surface area contributed by atoms with E-state index in [0.717, 1.165) is 20.2 Å². The normalized spacial score (nSPS) is 12.1. The summed E-state index contributed by atoms with van der Waals surface area (Å²) in [5, 5.41) is 7.21. The highest BCUT2D eigenvalue weighted by Gasteiger charge is 2.15. The van der Waals surface area contributed by atoms with Gasteiger partial charge in [0.15, 0.2) is 0 Å². The minimum atomic E-state index is -0.337. The lowest BCUT2D eigenvalue weighted by molar-refractivity contribution is -0.121. The molecule has 0 radical (unpaired) electrons. The van der Waals surface area contributed by atoms with Crippen LogP contribution in [-0.4, -0.2) is 18.2 Å². The molecule has 0 heterocycles. The minimum Gasteiger partial charge on any atom is -0.374 e. The van der Waals surface area contributed by atoms with Crippen LogP contribution in [0.3, 0.4) is 0 Å². The molecule has 2 N–H and O–H groups in total. The van der Waals surface area contributed by atoms with Crippen LogP contribution in [0.1, 0.15) is 18.9 Å². The number of carbonyl (C=O) groups is 1. The van der Waals surface area contributed by atoms with Crippen LogP contribution in [0.5, 0.6) is 0 Å². The van der Waals surface area contributed by atoms with Crippen LogP contribution in [0.25, 0.3) is 0 Å². The second-order valence-corrected chi connectivity index (χ2v) is 6.73. The van der Waals surface area contributed by atoms with Crippen LogP contribution in [0, 0.1) is 0 Å². The summed E-state index contributed by atoms with van der Waals surface area (Å²) in [5.41, 5.74) is 4.38. The zero-order chi connectivity index (χ0) is 16.7. The largest absolute Gasteiger partial charge is 0.374 e. The van der Waals surface area contributed by atoms with Gasteiger partial charge in [-0.15, -0.1) is 0 Å². The molecule has 2 rings (SSSR count). The van der Waals surface area contributed by atoms with E-state index in [1.165, 1.54) is 0 Å². The lowest BCUT2D eigenvalue weighted by Crippen LogP contribution is -2.36. The molecule has 0 fully saturated rings. The number of hydrogen-bond donors (Lipinski definition) is 2. The van der Waals surface area contributed by atoms with Crippen molar-refractivity contribution in [2.45, 2.75) is 19.4 Å². The average Bonchev–Trinajstić information content (AvgIpc) is 2.54. The standard InChI is InChI=1S/C17H17Br2N3O/c1-2-16(21-15-8-6-13(18)7-9-15)17(23)22-20-11-12-4-3-5-14(19)10-12/h3-11,16,21H,2H2,1H3,(H,22,23)/b20-11-/t16-/m1/s1. The summed E-state index contributed by atoms with van der Waals surface area (Å²) in [6.07, 6.45) is 2.28. The molecule has 0 aliphatic carbocycles. The molecule has 23 heavy (non-hydrogen) atoms. The Balaban J connectivity index is 1.93. The first-order valence-electron chi connectivity index (χ1n) is 7.19. The number of carbonyl (C=O) groups excluding carboxylic acids is 1. The molecular formula is C17H17Br2N3O. The Morgan fingerprint density at radius 2 is 1.91 bits per heavy atom. The lowest BCUT2D eigenvalue weighted by atomic mass is 10.2. The monoisotopic (exact) mass is 437 g/mol. The Bertz CT molecular complexity index is 686. The first kappa shape index (κ1) is 17.7. The van der Waals surface area contributed by atoms with Crippen molar-refractivity contribution in [2.24, 2.45) is 5.10 Å². The van der Waals surface area contributed by atoms with Gasteiger partial charge in [-0.25, -0.2) is 5.43 Å². The third-order valence-electron chi connectivity index (χ3n) is 3.15. The molecule has 2 aromatic carbocycles. The van der Waals surface area contributed by atoms with Gasteiger partial charge in [0.1, 0.15) is 6.04 Å². The van der Waals surface area contributed by atoms with Crippen LogP contribution < -0.4 is 10.7 Å². The summed E-state index contributed by atoms with van der Waals surface area (Å²) < 4.78 is 1.97. The fourth-order valence-corrected chi connectivity index (χ4v) is 2.62. The van der Waals surface area contributed by atoms with E-state index in [2.05, 4.69) is 47.7 Å². The molecule has 0 aromatic heterocycles. The van der Waals surface area contributed by atoms with E-state index in [-0.39, 0.29) is 11.9 Å². The van der Waals surface area contributed by atoms with Gasteiger partial charge >= 0.3 is 0 Å². The Hall–Kier alpha value is -1.66. The first-order valence-corrected chi connectivity index (χ1v) is 8.77. The zero-order valence-electron chi connectivity index (χ0n) is 12.6. The molecule has 1 amide bonds. The van der Waals surface area contributed by atoms with E-state index in [0.29, 0.717) is 6.42 Å². The van der Waals surface area contributed by atoms with Crippen molar-refractivity contribution >= 4 is 49.7 Å². The van der Waals surface area contributed by atoms with E-state index in [9.17, 15) is 4.79 Å². The summed E-state index contributed by atoms with van der Waals surface area (Å²) in [6.45, 7) is 1.95. The van der Waals surface area contributed by atoms with Crippen LogP contribution in [0.4, 0.5) is 5.69 Å². The summed E-state index contributed by atoms with van der Waals surface area (Å²) in [6, 6.07) is 15.1. The topological polar surface area (TPSA) is 53.5 Å². The minimum absolute atomic E-state index is 0.165. The number of hydrazone groups is 1. The molecule has 0 spiro atoms. The number of amides is 1. The molecule has 0 aliphatic rings. The van der Waals surface area contributed by atoms with Gasteiger partial charge < -0.3 is 5.32 Å². The van der Waals surface area contributed by atoms with Gasteiger partial charge in [0.25, 0.3) is 5.91 Å². The van der Waals surface area contributed by atoms with E-state index in [1.54, 1.807) is 6.21 Å². The molecule has 6 heteroatoms. The van der Waals surface area contributed by atoms with Crippen molar-refractivity contribution in [3.63, 3.8) is 0 Å². The van der Waals surface area contributed by atoms with Crippen LogP contribution in [0.15, 0.2) is 62.6 Å². The zero-order valence-corrected chi connectivity index (χ0v) is 15.8. The molecule has 2 aromatic rings. The molecule has 0 saturated carbocycles. The number of halogens is 2. The van der Waals surface area contributed by atoms with E-state index >= 15 is 0 Å². The van der Waals surface area contributed by atoms with Gasteiger partial charge in [0.2, 0.25) is 0 Å². The third-order valence-corrected chi connectivity index (χ3v) is 4.17.